The molecule has 244 valence electrons. The second-order valence-electron chi connectivity index (χ2n) is 13.3. The lowest BCUT2D eigenvalue weighted by Gasteiger charge is -2.25. The Kier molecular flexibility index (Phi) is 10.4. The molecular formula is C47H46N2. The summed E-state index contributed by atoms with van der Waals surface area (Å²) in [6, 6.07) is 52.4. The fourth-order valence-electron chi connectivity index (χ4n) is 7.20. The number of nitrogens with one attached hydrogen (secondary N) is 1. The standard InChI is InChI=1S/C47H46N2/c1-32-27-34(3)46(42(29-32)44(38-19-11-7-12-20-38)39-21-13-8-14-22-39)48-36(5)31-37(6)49-47-35(4)28-33(2)30-43(47)45(40-23-15-9-16-24-40)41-25-17-10-18-26-41/h7-31,44-45,48H,1-6H3/b36-31-,49-37?. The average Bonchev–Trinajstić information content (AvgIpc) is 3.10. The van der Waals surface area contributed by atoms with E-state index in [-0.39, 0.29) is 11.8 Å². The van der Waals surface area contributed by atoms with Gasteiger partial charge in [0.25, 0.3) is 0 Å². The van der Waals surface area contributed by atoms with E-state index in [0.717, 1.165) is 22.8 Å². The first kappa shape index (κ1) is 33.4. The largest absolute Gasteiger partial charge is 0.359 e. The second-order valence-corrected chi connectivity index (χ2v) is 13.3. The molecule has 0 unspecified atom stereocenters. The molecule has 0 saturated heterocycles. The summed E-state index contributed by atoms with van der Waals surface area (Å²) in [5.41, 5.74) is 16.6. The van der Waals surface area contributed by atoms with Crippen LogP contribution in [0.3, 0.4) is 0 Å². The lowest BCUT2D eigenvalue weighted by Crippen LogP contribution is -2.10. The molecule has 0 aliphatic rings. The fraction of sp³-hybridized carbons (Fsp3) is 0.170. The third-order valence-corrected chi connectivity index (χ3v) is 9.17. The average molecular weight is 639 g/mol. The Bertz CT molecular complexity index is 2000. The van der Waals surface area contributed by atoms with Crippen molar-refractivity contribution in [3.05, 3.63) is 213 Å². The van der Waals surface area contributed by atoms with Crippen molar-refractivity contribution < 1.29 is 0 Å². The lowest BCUT2D eigenvalue weighted by molar-refractivity contribution is 0.969. The van der Waals surface area contributed by atoms with E-state index in [1.165, 1.54) is 55.6 Å². The number of aliphatic imine (C=N–C) groups is 1. The molecule has 0 saturated carbocycles. The van der Waals surface area contributed by atoms with Crippen molar-refractivity contribution >= 4 is 17.1 Å². The molecule has 2 heteroatoms. The minimum absolute atomic E-state index is 0.0708. The van der Waals surface area contributed by atoms with Crippen LogP contribution in [-0.4, -0.2) is 5.71 Å². The Morgan fingerprint density at radius 1 is 0.510 bits per heavy atom. The molecule has 6 rings (SSSR count). The van der Waals surface area contributed by atoms with Crippen LogP contribution in [0.2, 0.25) is 0 Å². The van der Waals surface area contributed by atoms with Crippen molar-refractivity contribution in [2.75, 3.05) is 5.32 Å². The molecule has 49 heavy (non-hydrogen) atoms. The minimum atomic E-state index is 0.0708. The first-order valence-electron chi connectivity index (χ1n) is 17.2. The molecule has 0 aliphatic heterocycles. The number of hydrogen-bond donors (Lipinski definition) is 1. The number of allylic oxidation sites excluding steroid dienone is 2. The smallest absolute Gasteiger partial charge is 0.0703 e. The van der Waals surface area contributed by atoms with E-state index >= 15 is 0 Å². The minimum Gasteiger partial charge on any atom is -0.359 e. The lowest BCUT2D eigenvalue weighted by atomic mass is 9.82. The zero-order valence-electron chi connectivity index (χ0n) is 29.5. The van der Waals surface area contributed by atoms with Gasteiger partial charge in [0, 0.05) is 28.9 Å². The Morgan fingerprint density at radius 3 is 1.35 bits per heavy atom. The Morgan fingerprint density at radius 2 is 0.898 bits per heavy atom. The molecule has 0 aromatic heterocycles. The second kappa shape index (κ2) is 15.2. The molecule has 0 atom stereocenters. The molecule has 6 aromatic carbocycles. The molecular weight excluding hydrogens is 593 g/mol. The summed E-state index contributed by atoms with van der Waals surface area (Å²) in [6.45, 7) is 13.0. The Labute approximate surface area is 292 Å². The first-order chi connectivity index (χ1) is 23.8. The predicted octanol–water partition coefficient (Wildman–Crippen LogP) is 12.4. The Hall–Kier alpha value is -5.47. The van der Waals surface area contributed by atoms with Crippen molar-refractivity contribution in [2.24, 2.45) is 4.99 Å². The maximum Gasteiger partial charge on any atom is 0.0703 e. The number of anilines is 1. The normalized spacial score (nSPS) is 12.1. The van der Waals surface area contributed by atoms with Gasteiger partial charge in [0.15, 0.2) is 0 Å². The van der Waals surface area contributed by atoms with Crippen molar-refractivity contribution in [1.29, 1.82) is 0 Å². The van der Waals surface area contributed by atoms with Gasteiger partial charge < -0.3 is 5.32 Å². The third-order valence-electron chi connectivity index (χ3n) is 9.17. The predicted molar refractivity (Wildman–Crippen MR) is 210 cm³/mol. The highest BCUT2D eigenvalue weighted by molar-refractivity contribution is 5.96. The monoisotopic (exact) mass is 638 g/mol. The van der Waals surface area contributed by atoms with Crippen LogP contribution in [0.1, 0.15) is 81.3 Å². The third kappa shape index (κ3) is 7.82. The first-order valence-corrected chi connectivity index (χ1v) is 17.2. The van der Waals surface area contributed by atoms with Crippen LogP contribution in [0.15, 0.2) is 162 Å². The van der Waals surface area contributed by atoms with Gasteiger partial charge in [-0.1, -0.05) is 157 Å². The summed E-state index contributed by atoms with van der Waals surface area (Å²) < 4.78 is 0. The number of hydrogen-bond acceptors (Lipinski definition) is 2. The maximum atomic E-state index is 5.34. The van der Waals surface area contributed by atoms with E-state index in [4.69, 9.17) is 4.99 Å². The van der Waals surface area contributed by atoms with E-state index in [1.54, 1.807) is 0 Å². The highest BCUT2D eigenvalue weighted by atomic mass is 14.9. The van der Waals surface area contributed by atoms with Crippen LogP contribution < -0.4 is 5.32 Å². The van der Waals surface area contributed by atoms with Gasteiger partial charge in [-0.25, -0.2) is 0 Å². The highest BCUT2D eigenvalue weighted by Gasteiger charge is 2.23. The van der Waals surface area contributed by atoms with Gasteiger partial charge in [-0.05, 0) is 92.1 Å². The molecule has 0 bridgehead atoms. The van der Waals surface area contributed by atoms with Crippen molar-refractivity contribution in [1.82, 2.24) is 0 Å². The van der Waals surface area contributed by atoms with Crippen LogP contribution >= 0.6 is 0 Å². The molecule has 1 N–H and O–H groups in total. The summed E-state index contributed by atoms with van der Waals surface area (Å²) in [5, 5.41) is 3.84. The van der Waals surface area contributed by atoms with Crippen molar-refractivity contribution in [3.8, 4) is 0 Å². The van der Waals surface area contributed by atoms with Gasteiger partial charge in [-0.15, -0.1) is 0 Å². The van der Waals surface area contributed by atoms with Crippen LogP contribution in [0, 0.1) is 27.7 Å². The van der Waals surface area contributed by atoms with Crippen LogP contribution in [0.25, 0.3) is 0 Å². The molecule has 6 aromatic rings. The van der Waals surface area contributed by atoms with Gasteiger partial charge in [-0.3, -0.25) is 4.99 Å². The zero-order chi connectivity index (χ0) is 34.3. The molecule has 0 heterocycles. The van der Waals surface area contributed by atoms with E-state index in [2.05, 4.69) is 199 Å². The molecule has 0 amide bonds. The topological polar surface area (TPSA) is 24.4 Å². The van der Waals surface area contributed by atoms with Gasteiger partial charge in [-0.2, -0.15) is 0 Å². The summed E-state index contributed by atoms with van der Waals surface area (Å²) >= 11 is 0. The van der Waals surface area contributed by atoms with Crippen LogP contribution in [0.4, 0.5) is 11.4 Å². The highest BCUT2D eigenvalue weighted by Crippen LogP contribution is 2.41. The maximum absolute atomic E-state index is 5.34. The Balaban J connectivity index is 1.41. The van der Waals surface area contributed by atoms with Gasteiger partial charge >= 0.3 is 0 Å². The van der Waals surface area contributed by atoms with E-state index < -0.39 is 0 Å². The van der Waals surface area contributed by atoms with Gasteiger partial charge in [0.2, 0.25) is 0 Å². The number of benzene rings is 6. The SMILES string of the molecule is CC(/C=C(/C)Nc1c(C)cc(C)cc1C(c1ccccc1)c1ccccc1)=Nc1c(C)cc(C)cc1C(c1ccccc1)c1ccccc1. The van der Waals surface area contributed by atoms with E-state index in [0.29, 0.717) is 0 Å². The fourth-order valence-corrected chi connectivity index (χ4v) is 7.20. The molecule has 0 spiro atoms. The summed E-state index contributed by atoms with van der Waals surface area (Å²) in [4.78, 5) is 5.34. The van der Waals surface area contributed by atoms with Gasteiger partial charge in [0.05, 0.1) is 5.69 Å². The zero-order valence-corrected chi connectivity index (χ0v) is 29.5. The number of nitrogens with zero attached hydrogens (tertiary/aromatic N) is 1. The summed E-state index contributed by atoms with van der Waals surface area (Å²) in [6.07, 6.45) is 2.17. The van der Waals surface area contributed by atoms with E-state index in [1.807, 2.05) is 0 Å². The number of aryl methyl sites for hydroxylation is 4. The number of rotatable bonds is 10. The molecule has 0 fully saturated rings. The van der Waals surface area contributed by atoms with E-state index in [9.17, 15) is 0 Å². The molecule has 2 nitrogen and oxygen atoms in total. The van der Waals surface area contributed by atoms with Crippen molar-refractivity contribution in [2.45, 2.75) is 53.4 Å². The van der Waals surface area contributed by atoms with Crippen LogP contribution in [-0.2, 0) is 0 Å². The van der Waals surface area contributed by atoms with Crippen LogP contribution in [0.5, 0.6) is 0 Å². The summed E-state index contributed by atoms with van der Waals surface area (Å²) in [5.74, 6) is 0.165. The summed E-state index contributed by atoms with van der Waals surface area (Å²) in [7, 11) is 0. The van der Waals surface area contributed by atoms with Gasteiger partial charge in [0.1, 0.15) is 0 Å². The quantitative estimate of drug-likeness (QED) is 0.117. The molecule has 0 radical (unpaired) electrons. The van der Waals surface area contributed by atoms with Crippen molar-refractivity contribution in [3.63, 3.8) is 0 Å². The molecule has 0 aliphatic carbocycles.